The van der Waals surface area contributed by atoms with E-state index in [-0.39, 0.29) is 42.5 Å². The lowest BCUT2D eigenvalue weighted by atomic mass is 10.1. The summed E-state index contributed by atoms with van der Waals surface area (Å²) in [6, 6.07) is 7.33. The highest BCUT2D eigenvalue weighted by molar-refractivity contribution is 14.0. The third-order valence-electron chi connectivity index (χ3n) is 4.43. The lowest BCUT2D eigenvalue weighted by Crippen LogP contribution is -2.44. The van der Waals surface area contributed by atoms with E-state index in [1.807, 2.05) is 24.0 Å². The number of benzene rings is 1. The molecule has 10 heteroatoms. The van der Waals surface area contributed by atoms with Gasteiger partial charge in [0, 0.05) is 39.1 Å². The van der Waals surface area contributed by atoms with Gasteiger partial charge in [0.15, 0.2) is 5.96 Å². The van der Waals surface area contributed by atoms with Gasteiger partial charge in [0.05, 0.1) is 6.61 Å². The summed E-state index contributed by atoms with van der Waals surface area (Å²) in [7, 11) is 1.68. The molecular formula is C19H28F3IN4O2. The van der Waals surface area contributed by atoms with Gasteiger partial charge < -0.3 is 20.3 Å². The molecule has 1 aliphatic rings. The molecule has 1 aromatic carbocycles. The van der Waals surface area contributed by atoms with Crippen molar-refractivity contribution in [2.45, 2.75) is 45.1 Å². The Morgan fingerprint density at radius 2 is 1.93 bits per heavy atom. The Bertz CT molecular complexity index is 668. The number of likely N-dealkylation sites (tertiary alicyclic amines) is 1. The fraction of sp³-hybridized carbons (Fsp3) is 0.579. The number of alkyl halides is 3. The molecule has 0 spiro atoms. The lowest BCUT2D eigenvalue weighted by molar-refractivity contribution is -0.176. The van der Waals surface area contributed by atoms with Crippen LogP contribution in [0.3, 0.4) is 0 Å². The molecular weight excluding hydrogens is 500 g/mol. The predicted molar refractivity (Wildman–Crippen MR) is 116 cm³/mol. The molecule has 0 radical (unpaired) electrons. The minimum absolute atomic E-state index is 0. The van der Waals surface area contributed by atoms with Crippen LogP contribution in [-0.2, 0) is 22.7 Å². The van der Waals surface area contributed by atoms with E-state index >= 15 is 0 Å². The van der Waals surface area contributed by atoms with Crippen molar-refractivity contribution in [3.63, 3.8) is 0 Å². The number of aliphatic imine (C=N–C) groups is 1. The van der Waals surface area contributed by atoms with Gasteiger partial charge in [-0.3, -0.25) is 9.79 Å². The Kier molecular flexibility index (Phi) is 10.7. The monoisotopic (exact) mass is 528 g/mol. The third kappa shape index (κ3) is 9.20. The molecule has 1 heterocycles. The second-order valence-electron chi connectivity index (χ2n) is 6.67. The first-order valence-electron chi connectivity index (χ1n) is 9.28. The molecule has 0 aliphatic carbocycles. The number of hydrogen-bond donors (Lipinski definition) is 2. The summed E-state index contributed by atoms with van der Waals surface area (Å²) in [5.74, 6) is 0.805. The Balaban J connectivity index is 0.00000420. The van der Waals surface area contributed by atoms with Crippen molar-refractivity contribution in [2.24, 2.45) is 4.99 Å². The number of guanidine groups is 1. The summed E-state index contributed by atoms with van der Waals surface area (Å²) in [5.41, 5.74) is 1.65. The summed E-state index contributed by atoms with van der Waals surface area (Å²) < 4.78 is 40.9. The minimum atomic E-state index is -4.31. The van der Waals surface area contributed by atoms with Crippen molar-refractivity contribution in [1.29, 1.82) is 0 Å². The molecule has 1 aromatic rings. The van der Waals surface area contributed by atoms with Gasteiger partial charge in [-0.15, -0.1) is 24.0 Å². The van der Waals surface area contributed by atoms with E-state index < -0.39 is 12.8 Å². The Labute approximate surface area is 186 Å². The molecule has 1 amide bonds. The van der Waals surface area contributed by atoms with E-state index in [1.165, 1.54) is 0 Å². The van der Waals surface area contributed by atoms with Gasteiger partial charge >= 0.3 is 6.18 Å². The highest BCUT2D eigenvalue weighted by Gasteiger charge is 2.27. The molecule has 1 unspecified atom stereocenters. The van der Waals surface area contributed by atoms with Gasteiger partial charge in [0.25, 0.3) is 0 Å². The van der Waals surface area contributed by atoms with Crippen LogP contribution in [0.25, 0.3) is 0 Å². The molecule has 1 atom stereocenters. The Hall–Kier alpha value is -1.56. The predicted octanol–water partition coefficient (Wildman–Crippen LogP) is 3.06. The van der Waals surface area contributed by atoms with Crippen molar-refractivity contribution in [3.05, 3.63) is 35.4 Å². The summed E-state index contributed by atoms with van der Waals surface area (Å²) in [5, 5.41) is 6.53. The quantitative estimate of drug-likeness (QED) is 0.325. The summed E-state index contributed by atoms with van der Waals surface area (Å²) in [6.07, 6.45) is -2.93. The highest BCUT2D eigenvalue weighted by atomic mass is 127. The number of nitrogens with one attached hydrogen (secondary N) is 2. The first kappa shape index (κ1) is 25.5. The number of nitrogens with zero attached hydrogens (tertiary/aromatic N) is 2. The highest BCUT2D eigenvalue weighted by Crippen LogP contribution is 2.16. The second-order valence-corrected chi connectivity index (χ2v) is 6.67. The maximum atomic E-state index is 12.1. The van der Waals surface area contributed by atoms with Crippen LogP contribution in [0.15, 0.2) is 29.3 Å². The molecule has 6 nitrogen and oxygen atoms in total. The van der Waals surface area contributed by atoms with Crippen LogP contribution in [0, 0.1) is 0 Å². The van der Waals surface area contributed by atoms with Crippen molar-refractivity contribution in [1.82, 2.24) is 15.5 Å². The molecule has 29 heavy (non-hydrogen) atoms. The van der Waals surface area contributed by atoms with Crippen LogP contribution in [0.1, 0.15) is 30.9 Å². The number of carbonyl (C=O) groups is 1. The second kappa shape index (κ2) is 12.2. The zero-order valence-electron chi connectivity index (χ0n) is 16.6. The van der Waals surface area contributed by atoms with Crippen LogP contribution in [-0.4, -0.2) is 55.7 Å². The van der Waals surface area contributed by atoms with E-state index in [1.54, 1.807) is 19.2 Å². The first-order valence-corrected chi connectivity index (χ1v) is 9.28. The van der Waals surface area contributed by atoms with E-state index in [0.29, 0.717) is 31.0 Å². The van der Waals surface area contributed by atoms with Crippen LogP contribution < -0.4 is 10.6 Å². The molecule has 0 aromatic heterocycles. The van der Waals surface area contributed by atoms with E-state index in [0.717, 1.165) is 18.5 Å². The Morgan fingerprint density at radius 1 is 1.28 bits per heavy atom. The molecule has 1 fully saturated rings. The van der Waals surface area contributed by atoms with Crippen molar-refractivity contribution < 1.29 is 22.7 Å². The van der Waals surface area contributed by atoms with Gasteiger partial charge in [0.1, 0.15) is 6.61 Å². The van der Waals surface area contributed by atoms with Crippen molar-refractivity contribution >= 4 is 35.8 Å². The number of halogens is 4. The van der Waals surface area contributed by atoms with Crippen LogP contribution in [0.4, 0.5) is 13.2 Å². The molecule has 0 bridgehead atoms. The first-order chi connectivity index (χ1) is 13.3. The van der Waals surface area contributed by atoms with Gasteiger partial charge in [0.2, 0.25) is 5.91 Å². The largest absolute Gasteiger partial charge is 0.411 e. The minimum Gasteiger partial charge on any atom is -0.367 e. The summed E-state index contributed by atoms with van der Waals surface area (Å²) >= 11 is 0. The average Bonchev–Trinajstić information content (AvgIpc) is 3.13. The van der Waals surface area contributed by atoms with Gasteiger partial charge in [-0.25, -0.2) is 0 Å². The average molecular weight is 528 g/mol. The van der Waals surface area contributed by atoms with E-state index in [9.17, 15) is 18.0 Å². The van der Waals surface area contributed by atoms with Crippen LogP contribution in [0.5, 0.6) is 0 Å². The summed E-state index contributed by atoms with van der Waals surface area (Å²) in [6.45, 7) is 2.47. The smallest absolute Gasteiger partial charge is 0.367 e. The zero-order chi connectivity index (χ0) is 20.6. The topological polar surface area (TPSA) is 66.0 Å². The number of carbonyl (C=O) groups excluding carboxylic acids is 1. The van der Waals surface area contributed by atoms with E-state index in [4.69, 9.17) is 0 Å². The SMILES string of the molecule is CCC(=O)N1CCC(NC(=NC)NCc2ccc(COCC(F)(F)F)cc2)C1.I. The standard InChI is InChI=1S/C19H27F3N4O2.HI/c1-3-17(27)26-9-8-16(11-26)25-18(23-2)24-10-14-4-6-15(7-5-14)12-28-13-19(20,21)22;/h4-7,16H,3,8-13H2,1-2H3,(H2,23,24,25);1H. The van der Waals surface area contributed by atoms with Crippen molar-refractivity contribution in [3.8, 4) is 0 Å². The lowest BCUT2D eigenvalue weighted by Gasteiger charge is -2.18. The fourth-order valence-electron chi connectivity index (χ4n) is 2.94. The summed E-state index contributed by atoms with van der Waals surface area (Å²) in [4.78, 5) is 17.8. The van der Waals surface area contributed by atoms with Gasteiger partial charge in [-0.1, -0.05) is 31.2 Å². The van der Waals surface area contributed by atoms with Gasteiger partial charge in [-0.05, 0) is 17.5 Å². The fourth-order valence-corrected chi connectivity index (χ4v) is 2.94. The molecule has 164 valence electrons. The maximum absolute atomic E-state index is 12.1. The van der Waals surface area contributed by atoms with Gasteiger partial charge in [-0.2, -0.15) is 13.2 Å². The number of hydrogen-bond acceptors (Lipinski definition) is 3. The van der Waals surface area contributed by atoms with Crippen LogP contribution >= 0.6 is 24.0 Å². The maximum Gasteiger partial charge on any atom is 0.411 e. The number of ether oxygens (including phenoxy) is 1. The normalized spacial score (nSPS) is 17.1. The Morgan fingerprint density at radius 3 is 2.52 bits per heavy atom. The van der Waals surface area contributed by atoms with E-state index in [2.05, 4.69) is 20.4 Å². The third-order valence-corrected chi connectivity index (χ3v) is 4.43. The number of amides is 1. The molecule has 2 N–H and O–H groups in total. The van der Waals surface area contributed by atoms with Crippen LogP contribution in [0.2, 0.25) is 0 Å². The molecule has 0 saturated carbocycles. The molecule has 2 rings (SSSR count). The molecule has 1 aliphatic heterocycles. The zero-order valence-corrected chi connectivity index (χ0v) is 18.9. The number of rotatable bonds is 7. The molecule has 1 saturated heterocycles. The van der Waals surface area contributed by atoms with Crippen molar-refractivity contribution in [2.75, 3.05) is 26.7 Å².